The van der Waals surface area contributed by atoms with E-state index in [1.54, 1.807) is 38.5 Å². The molecule has 1 heterocycles. The third-order valence-corrected chi connectivity index (χ3v) is 5.07. The molecule has 1 aliphatic heterocycles. The van der Waals surface area contributed by atoms with Crippen molar-refractivity contribution in [1.82, 2.24) is 10.6 Å². The number of carbonyl (C=O) groups excluding carboxylic acids is 1. The van der Waals surface area contributed by atoms with Gasteiger partial charge in [0.25, 0.3) is 0 Å². The Balaban J connectivity index is 1.76. The Morgan fingerprint density at radius 1 is 1.14 bits per heavy atom. The third kappa shape index (κ3) is 4.42. The lowest BCUT2D eigenvalue weighted by molar-refractivity contribution is -0.121. The molecular formula is C21H24F2N2O3. The largest absolute Gasteiger partial charge is 0.496 e. The smallest absolute Gasteiger partial charge is 0.224 e. The van der Waals surface area contributed by atoms with E-state index in [9.17, 15) is 13.6 Å². The number of hydrogen-bond donors (Lipinski definition) is 2. The van der Waals surface area contributed by atoms with Gasteiger partial charge in [0.2, 0.25) is 5.91 Å². The Kier molecular flexibility index (Phi) is 6.46. The maximum Gasteiger partial charge on any atom is 0.224 e. The van der Waals surface area contributed by atoms with E-state index in [1.165, 1.54) is 6.07 Å². The van der Waals surface area contributed by atoms with Crippen LogP contribution >= 0.6 is 0 Å². The molecule has 2 aromatic carbocycles. The summed E-state index contributed by atoms with van der Waals surface area (Å²) >= 11 is 0. The molecule has 2 N–H and O–H groups in total. The van der Waals surface area contributed by atoms with Crippen LogP contribution < -0.4 is 20.1 Å². The van der Waals surface area contributed by atoms with E-state index in [-0.39, 0.29) is 24.3 Å². The van der Waals surface area contributed by atoms with Crippen LogP contribution in [0.25, 0.3) is 0 Å². The number of hydrogen-bond acceptors (Lipinski definition) is 4. The Morgan fingerprint density at radius 3 is 2.50 bits per heavy atom. The molecule has 1 aliphatic rings. The first-order valence-electron chi connectivity index (χ1n) is 9.18. The first-order valence-corrected chi connectivity index (χ1v) is 9.18. The molecule has 1 fully saturated rings. The normalized spacial score (nSPS) is 19.1. The molecule has 3 rings (SSSR count). The van der Waals surface area contributed by atoms with Crippen LogP contribution in [0.15, 0.2) is 36.4 Å². The Bertz CT molecular complexity index is 822. The molecule has 7 heteroatoms. The number of amides is 1. The molecule has 2 atom stereocenters. The molecule has 0 aromatic heterocycles. The van der Waals surface area contributed by atoms with Gasteiger partial charge in [0, 0.05) is 24.1 Å². The molecule has 0 radical (unpaired) electrons. The fourth-order valence-electron chi connectivity index (χ4n) is 3.67. The minimum Gasteiger partial charge on any atom is -0.496 e. The van der Waals surface area contributed by atoms with Gasteiger partial charge in [-0.15, -0.1) is 0 Å². The van der Waals surface area contributed by atoms with Crippen molar-refractivity contribution >= 4 is 5.91 Å². The highest BCUT2D eigenvalue weighted by molar-refractivity contribution is 5.80. The monoisotopic (exact) mass is 390 g/mol. The van der Waals surface area contributed by atoms with Crippen molar-refractivity contribution in [3.05, 3.63) is 59.2 Å². The summed E-state index contributed by atoms with van der Waals surface area (Å²) < 4.78 is 37.6. The van der Waals surface area contributed by atoms with Gasteiger partial charge < -0.3 is 20.1 Å². The summed E-state index contributed by atoms with van der Waals surface area (Å²) in [6.45, 7) is 1.30. The minimum absolute atomic E-state index is 0.0915. The number of rotatable bonds is 6. The first-order chi connectivity index (χ1) is 13.5. The third-order valence-electron chi connectivity index (χ3n) is 5.07. The van der Waals surface area contributed by atoms with E-state index < -0.39 is 11.6 Å². The zero-order valence-electron chi connectivity index (χ0n) is 15.9. The lowest BCUT2D eigenvalue weighted by Gasteiger charge is -2.33. The van der Waals surface area contributed by atoms with Crippen LogP contribution in [0.1, 0.15) is 23.5 Å². The van der Waals surface area contributed by atoms with Gasteiger partial charge in [-0.2, -0.15) is 0 Å². The Morgan fingerprint density at radius 2 is 1.86 bits per heavy atom. The molecule has 2 aromatic rings. The molecule has 5 nitrogen and oxygen atoms in total. The van der Waals surface area contributed by atoms with Crippen LogP contribution in [0, 0.1) is 11.6 Å². The molecule has 1 saturated heterocycles. The predicted molar refractivity (Wildman–Crippen MR) is 102 cm³/mol. The van der Waals surface area contributed by atoms with E-state index >= 15 is 0 Å². The van der Waals surface area contributed by atoms with Crippen molar-refractivity contribution in [2.45, 2.75) is 24.8 Å². The summed E-state index contributed by atoms with van der Waals surface area (Å²) in [7, 11) is 3.08. The molecule has 1 amide bonds. The molecule has 150 valence electrons. The predicted octanol–water partition coefficient (Wildman–Crippen LogP) is 2.79. The van der Waals surface area contributed by atoms with Crippen molar-refractivity contribution in [2.75, 3.05) is 27.3 Å². The highest BCUT2D eigenvalue weighted by Crippen LogP contribution is 2.30. The summed E-state index contributed by atoms with van der Waals surface area (Å²) in [6, 6.07) is 9.04. The van der Waals surface area contributed by atoms with Crippen LogP contribution in [0.3, 0.4) is 0 Å². The van der Waals surface area contributed by atoms with Gasteiger partial charge in [0.05, 0.1) is 20.6 Å². The van der Waals surface area contributed by atoms with E-state index in [0.29, 0.717) is 35.6 Å². The van der Waals surface area contributed by atoms with Crippen molar-refractivity contribution in [3.8, 4) is 11.5 Å². The summed E-state index contributed by atoms with van der Waals surface area (Å²) in [6.07, 6.45) is 0.808. The number of methoxy groups -OCH3 is 2. The van der Waals surface area contributed by atoms with Crippen molar-refractivity contribution in [3.63, 3.8) is 0 Å². The first kappa shape index (κ1) is 20.1. The SMILES string of the molecule is COc1cccc(OC)c1CC(=O)NC1CNCCC1c1ccc(F)c(F)c1. The Labute approximate surface area is 163 Å². The number of piperidine rings is 1. The minimum atomic E-state index is -0.875. The van der Waals surface area contributed by atoms with Crippen LogP contribution in [0.4, 0.5) is 8.78 Å². The lowest BCUT2D eigenvalue weighted by atomic mass is 9.86. The summed E-state index contributed by atoms with van der Waals surface area (Å²) in [5, 5.41) is 6.27. The zero-order chi connectivity index (χ0) is 20.1. The molecular weight excluding hydrogens is 366 g/mol. The van der Waals surface area contributed by atoms with E-state index in [1.807, 2.05) is 0 Å². The molecule has 0 aliphatic carbocycles. The summed E-state index contributed by atoms with van der Waals surface area (Å²) in [5.41, 5.74) is 1.35. The van der Waals surface area contributed by atoms with Gasteiger partial charge in [-0.25, -0.2) is 8.78 Å². The van der Waals surface area contributed by atoms with E-state index in [0.717, 1.165) is 12.6 Å². The Hall–Kier alpha value is -2.67. The maximum absolute atomic E-state index is 13.7. The van der Waals surface area contributed by atoms with Gasteiger partial charge in [-0.3, -0.25) is 4.79 Å². The average molecular weight is 390 g/mol. The van der Waals surface area contributed by atoms with Crippen LogP contribution in [-0.2, 0) is 11.2 Å². The van der Waals surface area contributed by atoms with Crippen molar-refractivity contribution in [2.24, 2.45) is 0 Å². The number of benzene rings is 2. The van der Waals surface area contributed by atoms with Gasteiger partial charge in [0.1, 0.15) is 11.5 Å². The fraction of sp³-hybridized carbons (Fsp3) is 0.381. The summed E-state index contributed by atoms with van der Waals surface area (Å²) in [4.78, 5) is 12.7. The lowest BCUT2D eigenvalue weighted by Crippen LogP contribution is -2.50. The van der Waals surface area contributed by atoms with Gasteiger partial charge in [-0.05, 0) is 42.8 Å². The van der Waals surface area contributed by atoms with Crippen LogP contribution in [0.5, 0.6) is 11.5 Å². The molecule has 0 bridgehead atoms. The number of halogens is 2. The van der Waals surface area contributed by atoms with Crippen molar-refractivity contribution in [1.29, 1.82) is 0 Å². The topological polar surface area (TPSA) is 59.6 Å². The average Bonchev–Trinajstić information content (AvgIpc) is 2.70. The maximum atomic E-state index is 13.7. The van der Waals surface area contributed by atoms with Gasteiger partial charge >= 0.3 is 0 Å². The highest BCUT2D eigenvalue weighted by atomic mass is 19.2. The number of nitrogens with one attached hydrogen (secondary N) is 2. The van der Waals surface area contributed by atoms with Gasteiger partial charge in [0.15, 0.2) is 11.6 Å². The second kappa shape index (κ2) is 9.01. The number of ether oxygens (including phenoxy) is 2. The second-order valence-electron chi connectivity index (χ2n) is 6.76. The fourth-order valence-corrected chi connectivity index (χ4v) is 3.67. The van der Waals surface area contributed by atoms with Gasteiger partial charge in [-0.1, -0.05) is 12.1 Å². The van der Waals surface area contributed by atoms with Crippen LogP contribution in [-0.4, -0.2) is 39.3 Å². The van der Waals surface area contributed by atoms with Crippen molar-refractivity contribution < 1.29 is 23.0 Å². The molecule has 0 spiro atoms. The molecule has 0 saturated carbocycles. The zero-order valence-corrected chi connectivity index (χ0v) is 15.9. The molecule has 2 unspecified atom stereocenters. The highest BCUT2D eigenvalue weighted by Gasteiger charge is 2.29. The molecule has 28 heavy (non-hydrogen) atoms. The second-order valence-corrected chi connectivity index (χ2v) is 6.76. The standard InChI is InChI=1S/C21H24F2N2O3/c1-27-19-4-3-5-20(28-2)15(19)11-21(26)25-18-12-24-9-8-14(18)13-6-7-16(22)17(23)10-13/h3-7,10,14,18,24H,8-9,11-12H2,1-2H3,(H,25,26). The van der Waals surface area contributed by atoms with E-state index in [2.05, 4.69) is 10.6 Å². The van der Waals surface area contributed by atoms with Crippen LogP contribution in [0.2, 0.25) is 0 Å². The van der Waals surface area contributed by atoms with E-state index in [4.69, 9.17) is 9.47 Å². The quantitative estimate of drug-likeness (QED) is 0.796. The number of carbonyl (C=O) groups is 1. The summed E-state index contributed by atoms with van der Waals surface area (Å²) in [5.74, 6) is -0.882.